The van der Waals surface area contributed by atoms with Crippen molar-refractivity contribution in [1.29, 1.82) is 0 Å². The van der Waals surface area contributed by atoms with Gasteiger partial charge < -0.3 is 19.4 Å². The van der Waals surface area contributed by atoms with Crippen molar-refractivity contribution in [1.82, 2.24) is 15.2 Å². The summed E-state index contributed by atoms with van der Waals surface area (Å²) < 4.78 is 10.4. The monoisotopic (exact) mass is 349 g/mol. The zero-order valence-corrected chi connectivity index (χ0v) is 15.1. The third-order valence-electron chi connectivity index (χ3n) is 3.44. The van der Waals surface area contributed by atoms with Gasteiger partial charge in [-0.25, -0.2) is 9.78 Å². The molecule has 0 spiro atoms. The lowest BCUT2D eigenvalue weighted by molar-refractivity contribution is 0.0525. The summed E-state index contributed by atoms with van der Waals surface area (Å²) in [5.41, 5.74) is -0.310. The first-order valence-electron chi connectivity index (χ1n) is 8.10. The molecule has 0 aliphatic heterocycles. The Morgan fingerprint density at radius 1 is 1.36 bits per heavy atom. The van der Waals surface area contributed by atoms with E-state index in [2.05, 4.69) is 10.3 Å². The number of allylic oxidation sites excluding steroid dienone is 2. The predicted molar refractivity (Wildman–Crippen MR) is 89.5 cm³/mol. The van der Waals surface area contributed by atoms with Crippen LogP contribution in [0.1, 0.15) is 54.6 Å². The van der Waals surface area contributed by atoms with Crippen molar-refractivity contribution in [2.75, 3.05) is 20.1 Å². The number of Topliss-reactive ketones (excluding diaryl/α,β-unsaturated/α-hetero) is 1. The lowest BCUT2D eigenvalue weighted by atomic mass is 10.0. The van der Waals surface area contributed by atoms with Gasteiger partial charge in [0.2, 0.25) is 17.3 Å². The van der Waals surface area contributed by atoms with Gasteiger partial charge in [0, 0.05) is 32.6 Å². The third-order valence-corrected chi connectivity index (χ3v) is 3.44. The average Bonchev–Trinajstić information content (AvgIpc) is 2.94. The van der Waals surface area contributed by atoms with Crippen molar-refractivity contribution in [2.24, 2.45) is 0 Å². The van der Waals surface area contributed by atoms with E-state index in [9.17, 15) is 14.4 Å². The minimum atomic E-state index is -0.579. The van der Waals surface area contributed by atoms with Crippen molar-refractivity contribution in [2.45, 2.75) is 39.7 Å². The van der Waals surface area contributed by atoms with E-state index >= 15 is 0 Å². The van der Waals surface area contributed by atoms with Crippen molar-refractivity contribution in [3.63, 3.8) is 0 Å². The Morgan fingerprint density at radius 3 is 2.64 bits per heavy atom. The summed E-state index contributed by atoms with van der Waals surface area (Å²) in [4.78, 5) is 42.0. The van der Waals surface area contributed by atoms with E-state index in [0.717, 1.165) is 0 Å². The number of carbonyl (C=O) groups excluding carboxylic acids is 3. The average molecular weight is 349 g/mol. The fourth-order valence-electron chi connectivity index (χ4n) is 2.26. The second kappa shape index (κ2) is 7.08. The van der Waals surface area contributed by atoms with Crippen LogP contribution in [0.3, 0.4) is 0 Å². The van der Waals surface area contributed by atoms with Crippen LogP contribution in [0.2, 0.25) is 0 Å². The molecule has 1 heterocycles. The van der Waals surface area contributed by atoms with Gasteiger partial charge in [0.1, 0.15) is 5.60 Å². The fraction of sp³-hybridized carbons (Fsp3) is 0.529. The molecule has 0 atom stereocenters. The van der Waals surface area contributed by atoms with Crippen molar-refractivity contribution < 1.29 is 23.5 Å². The molecule has 0 radical (unpaired) electrons. The number of likely N-dealkylation sites (N-methyl/N-ethyl adjacent to an activating group) is 1. The van der Waals surface area contributed by atoms with Crippen molar-refractivity contribution in [3.8, 4) is 0 Å². The molecule has 136 valence electrons. The lowest BCUT2D eigenvalue weighted by Crippen LogP contribution is -2.38. The van der Waals surface area contributed by atoms with Crippen LogP contribution in [-0.4, -0.2) is 53.3 Å². The molecule has 0 aromatic carbocycles. The maximum absolute atomic E-state index is 12.5. The summed E-state index contributed by atoms with van der Waals surface area (Å²) in [7, 11) is 1.67. The molecule has 1 aliphatic carbocycles. The highest BCUT2D eigenvalue weighted by Gasteiger charge is 2.33. The quantitative estimate of drug-likeness (QED) is 0.867. The van der Waals surface area contributed by atoms with Gasteiger partial charge in [-0.15, -0.1) is 0 Å². The number of nitrogens with zero attached hydrogens (tertiary/aromatic N) is 2. The molecule has 1 N–H and O–H groups in total. The number of ketones is 2. The number of hydrogen-bond donors (Lipinski definition) is 1. The SMILES string of the molecule is CCc1nc2c(o1)C(=O)C=C(N(C)CCNC(=O)OC(C)(C)C)C2=O. The normalized spacial score (nSPS) is 14.0. The Morgan fingerprint density at radius 2 is 2.04 bits per heavy atom. The second-order valence-corrected chi connectivity index (χ2v) is 6.71. The Balaban J connectivity index is 1.98. The Kier molecular flexibility index (Phi) is 5.30. The van der Waals surface area contributed by atoms with E-state index < -0.39 is 11.7 Å². The Bertz CT molecular complexity index is 727. The molecule has 8 heteroatoms. The van der Waals surface area contributed by atoms with Gasteiger partial charge in [0.25, 0.3) is 0 Å². The standard InChI is InChI=1S/C17H23N3O5/c1-6-12-19-13-14(22)10(9-11(21)15(13)24-12)20(5)8-7-18-16(23)25-17(2,3)4/h9H,6-8H2,1-5H3,(H,18,23). The van der Waals surface area contributed by atoms with E-state index in [4.69, 9.17) is 9.15 Å². The van der Waals surface area contributed by atoms with E-state index in [1.54, 1.807) is 32.7 Å². The second-order valence-electron chi connectivity index (χ2n) is 6.71. The number of hydrogen-bond acceptors (Lipinski definition) is 7. The highest BCUT2D eigenvalue weighted by Crippen LogP contribution is 2.23. The van der Waals surface area contributed by atoms with Crippen LogP contribution in [0, 0.1) is 0 Å². The number of aromatic nitrogens is 1. The van der Waals surface area contributed by atoms with E-state index in [1.807, 2.05) is 6.92 Å². The van der Waals surface area contributed by atoms with Gasteiger partial charge in [-0.3, -0.25) is 9.59 Å². The Labute approximate surface area is 146 Å². The first-order chi connectivity index (χ1) is 11.6. The number of carbonyl (C=O) groups is 3. The third kappa shape index (κ3) is 4.46. The largest absolute Gasteiger partial charge is 0.444 e. The topological polar surface area (TPSA) is 102 Å². The van der Waals surface area contributed by atoms with Crippen LogP contribution in [0.25, 0.3) is 0 Å². The molecule has 0 bridgehead atoms. The summed E-state index contributed by atoms with van der Waals surface area (Å²) in [6, 6.07) is 0. The molecule has 25 heavy (non-hydrogen) atoms. The van der Waals surface area contributed by atoms with Crippen LogP contribution in [0.15, 0.2) is 16.2 Å². The van der Waals surface area contributed by atoms with Gasteiger partial charge in [-0.2, -0.15) is 0 Å². The predicted octanol–water partition coefficient (Wildman–Crippen LogP) is 1.96. The van der Waals surface area contributed by atoms with Crippen molar-refractivity contribution in [3.05, 3.63) is 29.1 Å². The lowest BCUT2D eigenvalue weighted by Gasteiger charge is -2.24. The van der Waals surface area contributed by atoms with E-state index in [1.165, 1.54) is 6.08 Å². The molecule has 2 rings (SSSR count). The number of ether oxygens (including phenoxy) is 1. The maximum Gasteiger partial charge on any atom is 0.407 e. The first-order valence-corrected chi connectivity index (χ1v) is 8.10. The van der Waals surface area contributed by atoms with Crippen LogP contribution in [-0.2, 0) is 11.2 Å². The minimum Gasteiger partial charge on any atom is -0.444 e. The summed E-state index contributed by atoms with van der Waals surface area (Å²) in [5.74, 6) is -0.400. The molecule has 0 saturated heterocycles. The zero-order valence-electron chi connectivity index (χ0n) is 15.1. The molecule has 1 amide bonds. The van der Waals surface area contributed by atoms with Gasteiger partial charge in [0.05, 0.1) is 5.70 Å². The highest BCUT2D eigenvalue weighted by atomic mass is 16.6. The van der Waals surface area contributed by atoms with E-state index in [0.29, 0.717) is 18.9 Å². The Hall–Kier alpha value is -2.64. The van der Waals surface area contributed by atoms with Gasteiger partial charge in [-0.05, 0) is 20.8 Å². The van der Waals surface area contributed by atoms with Gasteiger partial charge >= 0.3 is 6.09 Å². The summed E-state index contributed by atoms with van der Waals surface area (Å²) in [6.45, 7) is 7.74. The van der Waals surface area contributed by atoms with E-state index in [-0.39, 0.29) is 35.3 Å². The molecule has 0 saturated carbocycles. The molecule has 1 aromatic rings. The number of fused-ring (bicyclic) bond motifs is 1. The maximum atomic E-state index is 12.5. The summed E-state index contributed by atoms with van der Waals surface area (Å²) >= 11 is 0. The van der Waals surface area contributed by atoms with Gasteiger partial charge in [-0.1, -0.05) is 6.92 Å². The first kappa shape index (κ1) is 18.7. The van der Waals surface area contributed by atoms with Crippen LogP contribution in [0.4, 0.5) is 4.79 Å². The molecule has 8 nitrogen and oxygen atoms in total. The summed E-state index contributed by atoms with van der Waals surface area (Å²) in [6.07, 6.45) is 1.20. The number of aryl methyl sites for hydroxylation is 1. The number of oxazole rings is 1. The molecule has 1 aromatic heterocycles. The minimum absolute atomic E-state index is 0.00844. The molecular formula is C17H23N3O5. The number of nitrogens with one attached hydrogen (secondary N) is 1. The number of amides is 1. The molecule has 1 aliphatic rings. The number of alkyl carbamates (subject to hydrolysis) is 1. The van der Waals surface area contributed by atoms with Crippen LogP contribution < -0.4 is 5.32 Å². The fourth-order valence-corrected chi connectivity index (χ4v) is 2.26. The summed E-state index contributed by atoms with van der Waals surface area (Å²) in [5, 5.41) is 2.61. The molecular weight excluding hydrogens is 326 g/mol. The van der Waals surface area contributed by atoms with Gasteiger partial charge in [0.15, 0.2) is 11.6 Å². The number of rotatable bonds is 5. The van der Waals surface area contributed by atoms with Crippen LogP contribution in [0.5, 0.6) is 0 Å². The van der Waals surface area contributed by atoms with Crippen molar-refractivity contribution >= 4 is 17.7 Å². The molecule has 0 unspecified atom stereocenters. The zero-order chi connectivity index (χ0) is 18.8. The molecule has 0 fully saturated rings. The highest BCUT2D eigenvalue weighted by molar-refractivity contribution is 6.22. The smallest absolute Gasteiger partial charge is 0.407 e. The van der Waals surface area contributed by atoms with Crippen LogP contribution >= 0.6 is 0 Å².